The summed E-state index contributed by atoms with van der Waals surface area (Å²) in [6, 6.07) is 0. The van der Waals surface area contributed by atoms with Crippen LogP contribution >= 0.6 is 0 Å². The molecule has 0 aromatic carbocycles. The third-order valence-electron chi connectivity index (χ3n) is 0.500. The zero-order chi connectivity index (χ0) is 13.1. The van der Waals surface area contributed by atoms with E-state index in [0.717, 1.165) is 0 Å². The van der Waals surface area contributed by atoms with Gasteiger partial charge in [0.25, 0.3) is 0 Å². The van der Waals surface area contributed by atoms with Gasteiger partial charge in [0, 0.05) is 0 Å². The molecule has 0 aliphatic rings. The predicted octanol–water partition coefficient (Wildman–Crippen LogP) is -1.05. The average Bonchev–Trinajstić information content (AvgIpc) is 2.02. The summed E-state index contributed by atoms with van der Waals surface area (Å²) < 4.78 is 24.2. The van der Waals surface area contributed by atoms with E-state index in [1.54, 1.807) is 44.3 Å². The van der Waals surface area contributed by atoms with Crippen molar-refractivity contribution in [3.05, 3.63) is 0 Å². The molecular weight excluding hydrogens is 235 g/mol. The first kappa shape index (κ1) is 20.7. The molecule has 5 nitrogen and oxygen atoms in total. The van der Waals surface area contributed by atoms with Gasteiger partial charge in [-0.1, -0.05) is 27.7 Å². The van der Waals surface area contributed by atoms with Crippen LogP contribution in [0.1, 0.15) is 34.6 Å². The molecule has 0 unspecified atom stereocenters. The molecule has 0 N–H and O–H groups in total. The fourth-order valence-corrected chi connectivity index (χ4v) is 0.612. The summed E-state index contributed by atoms with van der Waals surface area (Å²) >= 11 is 1.68. The van der Waals surface area contributed by atoms with Crippen molar-refractivity contribution in [2.24, 2.45) is 0 Å². The normalized spacial score (nSPS) is 10.3. The van der Waals surface area contributed by atoms with Gasteiger partial charge < -0.3 is 10.2 Å². The minimum absolute atomic E-state index is 0.0243. The van der Waals surface area contributed by atoms with Crippen molar-refractivity contribution in [1.29, 1.82) is 0 Å². The maximum atomic E-state index is 10.1. The second-order valence-corrected chi connectivity index (χ2v) is 5.50. The molecule has 90 valence electrons. The molecule has 0 radical (unpaired) electrons. The Morgan fingerprint density at radius 2 is 1.33 bits per heavy atom. The first-order chi connectivity index (χ1) is 6.59. The summed E-state index contributed by atoms with van der Waals surface area (Å²) in [6.07, 6.45) is -0.833. The van der Waals surface area contributed by atoms with Crippen LogP contribution in [0.3, 0.4) is 0 Å². The zero-order valence-electron chi connectivity index (χ0n) is 9.89. The van der Waals surface area contributed by atoms with Crippen LogP contribution in [-0.4, -0.2) is 43.0 Å². The van der Waals surface area contributed by atoms with Gasteiger partial charge in [-0.3, -0.25) is 0 Å². The second kappa shape index (κ2) is 12.4. The summed E-state index contributed by atoms with van der Waals surface area (Å²) in [6.45, 7) is 7.96. The Morgan fingerprint density at radius 1 is 1.13 bits per heavy atom. The van der Waals surface area contributed by atoms with Gasteiger partial charge in [0.1, 0.15) is 0 Å². The zero-order valence-corrected chi connectivity index (χ0v) is 11.9. The third-order valence-corrected chi connectivity index (χ3v) is 2.38. The maximum absolute atomic E-state index is 10.1. The van der Waals surface area contributed by atoms with Gasteiger partial charge in [-0.2, -0.15) is 0 Å². The van der Waals surface area contributed by atoms with Crippen LogP contribution < -0.4 is 10.2 Å². The topological polar surface area (TPSA) is 89.5 Å². The van der Waals surface area contributed by atoms with E-state index < -0.39 is 22.3 Å². The standard InChI is InChI=1S/2C3H7O.C2H6O3S.Al/c2*1-3(2)4;1-2-6(3,4)5;/h2*3H,1-2H3;2H2,1H3,(H,3,4,5);/q2*-1;;+3/p-1. The first-order valence-electron chi connectivity index (χ1n) is 4.51. The summed E-state index contributed by atoms with van der Waals surface area (Å²) in [5.41, 5.74) is 0. The van der Waals surface area contributed by atoms with Gasteiger partial charge in [0.05, 0.1) is 0 Å². The van der Waals surface area contributed by atoms with Gasteiger partial charge >= 0.3 is 51.1 Å². The van der Waals surface area contributed by atoms with E-state index in [1.807, 2.05) is 0 Å². The van der Waals surface area contributed by atoms with Gasteiger partial charge in [0.15, 0.2) is 0 Å². The van der Waals surface area contributed by atoms with Crippen LogP contribution in [-0.2, 0) is 13.4 Å². The van der Waals surface area contributed by atoms with E-state index in [2.05, 4.69) is 3.23 Å². The van der Waals surface area contributed by atoms with Crippen LogP contribution in [0.4, 0.5) is 0 Å². The van der Waals surface area contributed by atoms with Gasteiger partial charge in [-0.05, 0) is 0 Å². The third kappa shape index (κ3) is 54.2. The number of hydrogen-bond acceptors (Lipinski definition) is 5. The fourth-order valence-electron chi connectivity index (χ4n) is 0.0680. The van der Waals surface area contributed by atoms with Crippen LogP contribution in [0.2, 0.25) is 0 Å². The van der Waals surface area contributed by atoms with E-state index in [4.69, 9.17) is 0 Å². The molecule has 0 saturated carbocycles. The molecule has 0 amide bonds. The van der Waals surface area contributed by atoms with Crippen molar-refractivity contribution in [2.45, 2.75) is 46.8 Å². The van der Waals surface area contributed by atoms with Crippen molar-refractivity contribution in [1.82, 2.24) is 0 Å². The summed E-state index contributed by atoms with van der Waals surface area (Å²) in [5.74, 6) is 0.0243. The Kier molecular flexibility index (Phi) is 17.2. The molecule has 0 aliphatic carbocycles. The molecule has 0 aliphatic heterocycles. The molecule has 15 heavy (non-hydrogen) atoms. The van der Waals surface area contributed by atoms with E-state index >= 15 is 0 Å². The van der Waals surface area contributed by atoms with E-state index in [9.17, 15) is 18.6 Å². The Balaban J connectivity index is -0.000000155. The predicted molar refractivity (Wildman–Crippen MR) is 56.6 cm³/mol. The van der Waals surface area contributed by atoms with Gasteiger partial charge in [-0.25, -0.2) is 0 Å². The average molecular weight is 254 g/mol. The Hall–Kier alpha value is 0.362. The fraction of sp³-hybridized carbons (Fsp3) is 1.00. The number of rotatable bonds is 2. The molecular formula is C8H19AlO5S. The van der Waals surface area contributed by atoms with Crippen molar-refractivity contribution in [3.63, 3.8) is 0 Å². The van der Waals surface area contributed by atoms with Crippen molar-refractivity contribution >= 4 is 26.7 Å². The summed E-state index contributed by atoms with van der Waals surface area (Å²) in [4.78, 5) is 0. The van der Waals surface area contributed by atoms with Crippen LogP contribution in [0, 0.1) is 0 Å². The van der Waals surface area contributed by atoms with Crippen LogP contribution in [0.15, 0.2) is 0 Å². The molecule has 0 saturated heterocycles. The summed E-state index contributed by atoms with van der Waals surface area (Å²) in [5, 5.41) is 19.1. The monoisotopic (exact) mass is 254 g/mol. The van der Waals surface area contributed by atoms with Crippen LogP contribution in [0.5, 0.6) is 0 Å². The second-order valence-electron chi connectivity index (χ2n) is 3.04. The SMILES string of the molecule is CC(C)[O-].CC(C)[O-].CCS(=O)(=O)[O][Al+2]. The minimum atomic E-state index is -3.19. The molecule has 0 atom stereocenters. The molecule has 0 fully saturated rings. The van der Waals surface area contributed by atoms with E-state index in [-0.39, 0.29) is 5.75 Å². The van der Waals surface area contributed by atoms with Crippen molar-refractivity contribution in [3.8, 4) is 0 Å². The van der Waals surface area contributed by atoms with E-state index in [1.165, 1.54) is 6.92 Å². The first-order valence-corrected chi connectivity index (χ1v) is 6.56. The summed E-state index contributed by atoms with van der Waals surface area (Å²) in [7, 11) is -3.19. The van der Waals surface area contributed by atoms with Gasteiger partial charge in [0.2, 0.25) is 0 Å². The Morgan fingerprint density at radius 3 is 1.33 bits per heavy atom. The Labute approximate surface area is 101 Å². The van der Waals surface area contributed by atoms with E-state index in [0.29, 0.717) is 0 Å². The molecule has 0 spiro atoms. The molecule has 0 aromatic rings. The molecule has 7 heteroatoms. The molecule has 0 rings (SSSR count). The molecule has 0 aromatic heterocycles. The van der Waals surface area contributed by atoms with Gasteiger partial charge in [-0.15, -0.1) is 12.2 Å². The molecule has 0 heterocycles. The van der Waals surface area contributed by atoms with Crippen LogP contribution in [0.25, 0.3) is 0 Å². The number of hydrogen-bond donors (Lipinski definition) is 0. The molecule has 0 bridgehead atoms. The quantitative estimate of drug-likeness (QED) is 0.586. The van der Waals surface area contributed by atoms with Crippen molar-refractivity contribution < 1.29 is 21.9 Å². The van der Waals surface area contributed by atoms with Crippen molar-refractivity contribution in [2.75, 3.05) is 5.75 Å². The Bertz CT molecular complexity index is 180.